The molecule has 0 fully saturated rings. The van der Waals surface area contributed by atoms with Crippen LogP contribution in [0.1, 0.15) is 51.9 Å². The van der Waals surface area contributed by atoms with E-state index >= 15 is 0 Å². The minimum Gasteiger partial charge on any atom is -0.508 e. The number of benzene rings is 4. The van der Waals surface area contributed by atoms with Crippen molar-refractivity contribution in [1.29, 1.82) is 0 Å². The zero-order valence-electron chi connectivity index (χ0n) is 21.9. The van der Waals surface area contributed by atoms with Gasteiger partial charge >= 0.3 is 11.9 Å². The van der Waals surface area contributed by atoms with Crippen LogP contribution in [0.2, 0.25) is 0 Å². The molecule has 0 aliphatic carbocycles. The highest BCUT2D eigenvalue weighted by molar-refractivity contribution is 5.97. The lowest BCUT2D eigenvalue weighted by Gasteiger charge is -2.37. The fourth-order valence-electron chi connectivity index (χ4n) is 5.36. The predicted molar refractivity (Wildman–Crippen MR) is 137 cm³/mol. The summed E-state index contributed by atoms with van der Waals surface area (Å²) >= 11 is 0. The van der Waals surface area contributed by atoms with Crippen molar-refractivity contribution in [3.05, 3.63) is 112 Å². The van der Waals surface area contributed by atoms with Gasteiger partial charge in [0.05, 0.1) is 5.56 Å². The predicted octanol–water partition coefficient (Wildman–Crippen LogP) is 6.68. The number of carbonyl (C=O) groups is 2. The first kappa shape index (κ1) is 28.0. The van der Waals surface area contributed by atoms with Gasteiger partial charge in [-0.2, -0.15) is 8.78 Å². The zero-order chi connectivity index (χ0) is 30.6. The molecule has 0 radical (unpaired) electrons. The van der Waals surface area contributed by atoms with Crippen LogP contribution in [-0.2, 0) is 21.6 Å². The Hall–Kier alpha value is -5.13. The molecule has 0 aromatic heterocycles. The summed E-state index contributed by atoms with van der Waals surface area (Å²) in [6, 6.07) is 14.1. The van der Waals surface area contributed by atoms with E-state index in [1.165, 1.54) is 18.2 Å². The molecule has 2 aliphatic rings. The molecule has 1 spiro atoms. The van der Waals surface area contributed by atoms with Gasteiger partial charge in [0, 0.05) is 35.2 Å². The Kier molecular flexibility index (Phi) is 6.71. The first-order valence-corrected chi connectivity index (χ1v) is 13.0. The van der Waals surface area contributed by atoms with E-state index in [0.717, 1.165) is 0 Å². The van der Waals surface area contributed by atoms with E-state index in [9.17, 15) is 41.8 Å². The van der Waals surface area contributed by atoms with Crippen LogP contribution in [0.4, 0.5) is 22.0 Å². The van der Waals surface area contributed by atoms with E-state index in [4.69, 9.17) is 9.47 Å². The van der Waals surface area contributed by atoms with Crippen LogP contribution < -0.4 is 9.47 Å². The molecule has 0 saturated carbocycles. The summed E-state index contributed by atoms with van der Waals surface area (Å²) in [7, 11) is 0. The van der Waals surface area contributed by atoms with Gasteiger partial charge in [-0.15, -0.1) is 0 Å². The molecule has 2 heterocycles. The number of fused-ring (bicyclic) bond motifs is 6. The van der Waals surface area contributed by atoms with Crippen molar-refractivity contribution in [2.45, 2.75) is 31.3 Å². The number of phenols is 2. The van der Waals surface area contributed by atoms with Gasteiger partial charge < -0.3 is 24.4 Å². The Balaban J connectivity index is 1.24. The van der Waals surface area contributed by atoms with E-state index in [1.54, 1.807) is 36.4 Å². The first-order valence-electron chi connectivity index (χ1n) is 13.0. The summed E-state index contributed by atoms with van der Waals surface area (Å²) < 4.78 is 84.1. The number of unbranched alkanes of at least 4 members (excludes halogenated alkanes) is 1. The molecule has 0 amide bonds. The Bertz CT molecular complexity index is 1810. The number of esters is 2. The van der Waals surface area contributed by atoms with Gasteiger partial charge in [0.1, 0.15) is 23.0 Å². The SMILES string of the molecule is O=C(CCCCc1cc2c(cc1O)Oc1cc(O)ccc1C21OC(=O)c2ccccc21)Oc1c(F)c(F)c(F)c(F)c1F. The van der Waals surface area contributed by atoms with Crippen LogP contribution in [-0.4, -0.2) is 22.2 Å². The highest BCUT2D eigenvalue weighted by Gasteiger charge is 2.53. The van der Waals surface area contributed by atoms with Gasteiger partial charge in [-0.05, 0) is 49.1 Å². The number of aryl methyl sites for hydroxylation is 1. The number of phenolic OH excluding ortho intramolecular Hbond substituents is 2. The summed E-state index contributed by atoms with van der Waals surface area (Å²) in [6.45, 7) is 0. The quantitative estimate of drug-likeness (QED) is 0.0638. The highest BCUT2D eigenvalue weighted by atomic mass is 19.2. The molecule has 0 bridgehead atoms. The molecule has 6 rings (SSSR count). The summed E-state index contributed by atoms with van der Waals surface area (Å²) in [5.41, 5.74) is 0.647. The molecule has 2 aliphatic heterocycles. The topological polar surface area (TPSA) is 102 Å². The number of aromatic hydroxyl groups is 2. The third kappa shape index (κ3) is 4.41. The first-order chi connectivity index (χ1) is 20.5. The molecular weight excluding hydrogens is 579 g/mol. The van der Waals surface area contributed by atoms with Crippen LogP contribution in [0.3, 0.4) is 0 Å². The van der Waals surface area contributed by atoms with Crippen LogP contribution in [0.5, 0.6) is 28.7 Å². The maximum atomic E-state index is 13.8. The van der Waals surface area contributed by atoms with Crippen molar-refractivity contribution in [2.24, 2.45) is 0 Å². The van der Waals surface area contributed by atoms with Crippen LogP contribution in [0, 0.1) is 29.1 Å². The second-order valence-electron chi connectivity index (χ2n) is 9.96. The normalized spacial score (nSPS) is 16.3. The van der Waals surface area contributed by atoms with Crippen molar-refractivity contribution in [2.75, 3.05) is 0 Å². The lowest BCUT2D eigenvalue weighted by atomic mass is 9.77. The molecule has 220 valence electrons. The fraction of sp³-hybridized carbons (Fsp3) is 0.161. The number of halogens is 5. The van der Waals surface area contributed by atoms with E-state index in [-0.39, 0.29) is 42.3 Å². The smallest absolute Gasteiger partial charge is 0.340 e. The van der Waals surface area contributed by atoms with Gasteiger partial charge in [-0.1, -0.05) is 18.2 Å². The van der Waals surface area contributed by atoms with E-state index in [2.05, 4.69) is 4.74 Å². The maximum Gasteiger partial charge on any atom is 0.340 e. The summed E-state index contributed by atoms with van der Waals surface area (Å²) in [5, 5.41) is 20.8. The van der Waals surface area contributed by atoms with Gasteiger partial charge in [0.25, 0.3) is 0 Å². The van der Waals surface area contributed by atoms with Gasteiger partial charge in [0.15, 0.2) is 5.60 Å². The van der Waals surface area contributed by atoms with Crippen molar-refractivity contribution in [1.82, 2.24) is 0 Å². The highest BCUT2D eigenvalue weighted by Crippen LogP contribution is 2.57. The molecule has 7 nitrogen and oxygen atoms in total. The molecule has 0 saturated heterocycles. The monoisotopic (exact) mass is 598 g/mol. The van der Waals surface area contributed by atoms with Crippen LogP contribution in [0.25, 0.3) is 0 Å². The molecule has 43 heavy (non-hydrogen) atoms. The Morgan fingerprint density at radius 1 is 0.791 bits per heavy atom. The molecule has 2 N–H and O–H groups in total. The van der Waals surface area contributed by atoms with Crippen molar-refractivity contribution < 1.29 is 56.0 Å². The second kappa shape index (κ2) is 10.3. The summed E-state index contributed by atoms with van der Waals surface area (Å²) in [4.78, 5) is 25.1. The molecular formula is C31H19F5O7. The standard InChI is InChI=1S/C31H19F5O7/c32-24-25(33)27(35)29(28(36)26(24)34)42-23(39)8-4-1-5-14-11-19-22(13-20(14)38)41-21-12-15(37)9-10-18(21)31(19)17-7-3-2-6-16(17)30(40)43-31/h2-3,6-7,9-13,37-38H,1,4-5,8H2. The van der Waals surface area contributed by atoms with E-state index in [0.29, 0.717) is 27.8 Å². The Labute approximate surface area is 239 Å². The van der Waals surface area contributed by atoms with Crippen molar-refractivity contribution >= 4 is 11.9 Å². The minimum absolute atomic E-state index is 0.0618. The van der Waals surface area contributed by atoms with Crippen molar-refractivity contribution in [3.8, 4) is 28.7 Å². The number of hydrogen-bond acceptors (Lipinski definition) is 7. The molecule has 1 unspecified atom stereocenters. The third-order valence-corrected chi connectivity index (χ3v) is 7.36. The van der Waals surface area contributed by atoms with E-state index in [1.807, 2.05) is 0 Å². The Morgan fingerprint density at radius 3 is 2.21 bits per heavy atom. The fourth-order valence-corrected chi connectivity index (χ4v) is 5.36. The van der Waals surface area contributed by atoms with Crippen LogP contribution >= 0.6 is 0 Å². The average molecular weight is 598 g/mol. The molecule has 4 aromatic carbocycles. The number of hydrogen-bond donors (Lipinski definition) is 2. The molecule has 12 heteroatoms. The number of ether oxygens (including phenoxy) is 3. The zero-order valence-corrected chi connectivity index (χ0v) is 21.9. The van der Waals surface area contributed by atoms with Gasteiger partial charge in [-0.25, -0.2) is 18.0 Å². The average Bonchev–Trinajstić information content (AvgIpc) is 3.28. The van der Waals surface area contributed by atoms with Gasteiger partial charge in [-0.3, -0.25) is 4.79 Å². The Morgan fingerprint density at radius 2 is 1.47 bits per heavy atom. The third-order valence-electron chi connectivity index (χ3n) is 7.36. The van der Waals surface area contributed by atoms with Gasteiger partial charge in [0.2, 0.25) is 34.8 Å². The number of carbonyl (C=O) groups excluding carboxylic acids is 2. The molecule has 4 aromatic rings. The van der Waals surface area contributed by atoms with E-state index < -0.39 is 58.8 Å². The maximum absolute atomic E-state index is 13.8. The minimum atomic E-state index is -2.37. The number of rotatable bonds is 6. The lowest BCUT2D eigenvalue weighted by Crippen LogP contribution is -2.33. The summed E-state index contributed by atoms with van der Waals surface area (Å²) in [5.74, 6) is -14.7. The lowest BCUT2D eigenvalue weighted by molar-refractivity contribution is -0.135. The van der Waals surface area contributed by atoms with Crippen molar-refractivity contribution in [3.63, 3.8) is 0 Å². The molecule has 1 atom stereocenters. The second-order valence-corrected chi connectivity index (χ2v) is 9.96. The van der Waals surface area contributed by atoms with Crippen LogP contribution in [0.15, 0.2) is 54.6 Å². The largest absolute Gasteiger partial charge is 0.508 e. The summed E-state index contributed by atoms with van der Waals surface area (Å²) in [6.07, 6.45) is 0.0305.